The minimum absolute atomic E-state index is 0.369. The number of hydrogen-bond donors (Lipinski definition) is 3. The zero-order valence-corrected chi connectivity index (χ0v) is 24.6. The van der Waals surface area contributed by atoms with Gasteiger partial charge in [-0.15, -0.1) is 0 Å². The van der Waals surface area contributed by atoms with Crippen LogP contribution in [-0.2, 0) is 6.42 Å². The molecule has 2 amide bonds. The van der Waals surface area contributed by atoms with Crippen molar-refractivity contribution in [2.45, 2.75) is 33.1 Å². The molecule has 0 aliphatic carbocycles. The molecule has 0 bridgehead atoms. The van der Waals surface area contributed by atoms with Gasteiger partial charge < -0.3 is 15.4 Å². The van der Waals surface area contributed by atoms with Gasteiger partial charge in [-0.25, -0.2) is 14.5 Å². The number of nitrogens with one attached hydrogen (secondary N) is 3. The molecule has 2 heterocycles. The van der Waals surface area contributed by atoms with E-state index in [0.717, 1.165) is 52.7 Å². The summed E-state index contributed by atoms with van der Waals surface area (Å²) in [4.78, 5) is 22.1. The highest BCUT2D eigenvalue weighted by atomic mass is 16.5. The van der Waals surface area contributed by atoms with Gasteiger partial charge in [-0.3, -0.25) is 5.32 Å². The van der Waals surface area contributed by atoms with Crippen LogP contribution in [0, 0.1) is 6.92 Å². The van der Waals surface area contributed by atoms with Crippen molar-refractivity contribution in [2.75, 3.05) is 16.0 Å². The maximum Gasteiger partial charge on any atom is 0.324 e. The fourth-order valence-electron chi connectivity index (χ4n) is 4.84. The number of rotatable bonds is 10. The van der Waals surface area contributed by atoms with Crippen LogP contribution < -0.4 is 20.7 Å². The first-order chi connectivity index (χ1) is 21.6. The number of aryl methyl sites for hydroxylation is 2. The number of carbonyl (C=O) groups excluding carboxylic acids is 1. The number of fused-ring (bicyclic) bond motifs is 1. The van der Waals surface area contributed by atoms with Crippen molar-refractivity contribution in [3.8, 4) is 17.3 Å². The van der Waals surface area contributed by atoms with Crippen LogP contribution in [-0.4, -0.2) is 25.8 Å². The van der Waals surface area contributed by atoms with E-state index in [0.29, 0.717) is 29.1 Å². The Morgan fingerprint density at radius 3 is 2.43 bits per heavy atom. The van der Waals surface area contributed by atoms with Gasteiger partial charge in [0.1, 0.15) is 11.6 Å². The largest absolute Gasteiger partial charge is 0.438 e. The summed E-state index contributed by atoms with van der Waals surface area (Å²) in [6, 6.07) is 32.4. The normalized spacial score (nSPS) is 10.9. The SMILES string of the molecule is CCCCc1cc(NC(=O)Nc2ccc(Oc3ccnc(Nc4ccccc4)n3)c3ccccc23)n(-c2ccc(C)cc2)n1. The molecular weight excluding hydrogens is 550 g/mol. The molecule has 0 saturated heterocycles. The van der Waals surface area contributed by atoms with Crippen molar-refractivity contribution in [1.82, 2.24) is 19.7 Å². The van der Waals surface area contributed by atoms with Crippen molar-refractivity contribution in [3.05, 3.63) is 121 Å². The average molecular weight is 584 g/mol. The quantitative estimate of drug-likeness (QED) is 0.149. The standard InChI is InChI=1S/C35H33N7O2/c1-3-4-10-26-23-32(42(41-26)27-17-15-24(2)16-18-27)39-35(43)38-30-19-20-31(29-14-9-8-13-28(29)30)44-33-21-22-36-34(40-33)37-25-11-6-5-7-12-25/h5-9,11-23H,3-4,10H2,1-2H3,(H,36,37,40)(H2,38,39,43). The van der Waals surface area contributed by atoms with Gasteiger partial charge in [0.2, 0.25) is 11.8 Å². The highest BCUT2D eigenvalue weighted by Gasteiger charge is 2.15. The topological polar surface area (TPSA) is 106 Å². The van der Waals surface area contributed by atoms with E-state index in [-0.39, 0.29) is 6.03 Å². The van der Waals surface area contributed by atoms with Crippen LogP contribution in [0.25, 0.3) is 16.5 Å². The van der Waals surface area contributed by atoms with Crippen molar-refractivity contribution in [3.63, 3.8) is 0 Å². The smallest absolute Gasteiger partial charge is 0.324 e. The molecule has 0 atom stereocenters. The number of amides is 2. The van der Waals surface area contributed by atoms with Gasteiger partial charge in [0.15, 0.2) is 0 Å². The second-order valence-corrected chi connectivity index (χ2v) is 10.4. The third-order valence-electron chi connectivity index (χ3n) is 7.07. The minimum Gasteiger partial charge on any atom is -0.438 e. The fourth-order valence-corrected chi connectivity index (χ4v) is 4.84. The second kappa shape index (κ2) is 13.1. The molecule has 3 N–H and O–H groups in total. The molecule has 0 radical (unpaired) electrons. The third kappa shape index (κ3) is 6.68. The predicted octanol–water partition coefficient (Wildman–Crippen LogP) is 8.65. The number of unbranched alkanes of at least 4 members (excludes halogenated alkanes) is 1. The molecule has 220 valence electrons. The van der Waals surface area contributed by atoms with Crippen molar-refractivity contribution in [2.24, 2.45) is 0 Å². The van der Waals surface area contributed by atoms with E-state index >= 15 is 0 Å². The van der Waals surface area contributed by atoms with Gasteiger partial charge in [0, 0.05) is 34.8 Å². The molecular formula is C35H33N7O2. The number of para-hydroxylation sites is 1. The number of hydrogen-bond acceptors (Lipinski definition) is 6. The Balaban J connectivity index is 1.22. The van der Waals surface area contributed by atoms with Crippen molar-refractivity contribution < 1.29 is 9.53 Å². The van der Waals surface area contributed by atoms with Crippen LogP contribution in [0.5, 0.6) is 11.6 Å². The summed E-state index contributed by atoms with van der Waals surface area (Å²) in [6.07, 6.45) is 4.58. The minimum atomic E-state index is -0.369. The molecule has 0 fully saturated rings. The van der Waals surface area contributed by atoms with Crippen LogP contribution in [0.15, 0.2) is 109 Å². The van der Waals surface area contributed by atoms with Gasteiger partial charge in [0.05, 0.1) is 17.1 Å². The van der Waals surface area contributed by atoms with Crippen LogP contribution in [0.2, 0.25) is 0 Å². The lowest BCUT2D eigenvalue weighted by atomic mass is 10.1. The summed E-state index contributed by atoms with van der Waals surface area (Å²) < 4.78 is 7.98. The van der Waals surface area contributed by atoms with E-state index in [4.69, 9.17) is 9.84 Å². The highest BCUT2D eigenvalue weighted by Crippen LogP contribution is 2.34. The lowest BCUT2D eigenvalue weighted by molar-refractivity contribution is 0.262. The summed E-state index contributed by atoms with van der Waals surface area (Å²) in [5.41, 5.74) is 4.49. The summed E-state index contributed by atoms with van der Waals surface area (Å²) >= 11 is 0. The monoisotopic (exact) mass is 583 g/mol. The highest BCUT2D eigenvalue weighted by molar-refractivity contribution is 6.07. The van der Waals surface area contributed by atoms with Gasteiger partial charge in [-0.1, -0.05) is 73.5 Å². The summed E-state index contributed by atoms with van der Waals surface area (Å²) in [7, 11) is 0. The first-order valence-corrected chi connectivity index (χ1v) is 14.6. The molecule has 6 rings (SSSR count). The van der Waals surface area contributed by atoms with Crippen LogP contribution in [0.1, 0.15) is 31.0 Å². The molecule has 44 heavy (non-hydrogen) atoms. The summed E-state index contributed by atoms with van der Waals surface area (Å²) in [5.74, 6) is 2.03. The molecule has 4 aromatic carbocycles. The van der Waals surface area contributed by atoms with Crippen LogP contribution >= 0.6 is 0 Å². The molecule has 0 unspecified atom stereocenters. The molecule has 0 saturated carbocycles. The van der Waals surface area contributed by atoms with Gasteiger partial charge in [0.25, 0.3) is 0 Å². The molecule has 2 aromatic heterocycles. The molecule has 0 aliphatic heterocycles. The number of carbonyl (C=O) groups is 1. The van der Waals surface area contributed by atoms with E-state index in [9.17, 15) is 4.79 Å². The first kappa shape index (κ1) is 28.4. The number of aromatic nitrogens is 4. The van der Waals surface area contributed by atoms with E-state index in [1.807, 2.05) is 104 Å². The molecule has 6 aromatic rings. The number of anilines is 4. The molecule has 0 spiro atoms. The van der Waals surface area contributed by atoms with Crippen LogP contribution in [0.3, 0.4) is 0 Å². The fraction of sp³-hybridized carbons (Fsp3) is 0.143. The Labute approximate surface area is 256 Å². The van der Waals surface area contributed by atoms with Crippen molar-refractivity contribution >= 4 is 39.9 Å². The Morgan fingerprint density at radius 1 is 0.864 bits per heavy atom. The number of benzene rings is 4. The van der Waals surface area contributed by atoms with Gasteiger partial charge >= 0.3 is 6.03 Å². The Bertz CT molecular complexity index is 1890. The molecule has 9 heteroatoms. The maximum absolute atomic E-state index is 13.3. The zero-order valence-electron chi connectivity index (χ0n) is 24.6. The van der Waals surface area contributed by atoms with Crippen molar-refractivity contribution in [1.29, 1.82) is 0 Å². The van der Waals surface area contributed by atoms with E-state index in [2.05, 4.69) is 32.8 Å². The predicted molar refractivity (Wildman–Crippen MR) is 175 cm³/mol. The second-order valence-electron chi connectivity index (χ2n) is 10.4. The maximum atomic E-state index is 13.3. The van der Waals surface area contributed by atoms with E-state index in [1.54, 1.807) is 16.9 Å². The Hall–Kier alpha value is -5.70. The number of ether oxygens (including phenoxy) is 1. The number of urea groups is 1. The van der Waals surface area contributed by atoms with Crippen LogP contribution in [0.4, 0.5) is 27.9 Å². The number of nitrogens with zero attached hydrogens (tertiary/aromatic N) is 4. The Morgan fingerprint density at radius 2 is 1.64 bits per heavy atom. The third-order valence-corrected chi connectivity index (χ3v) is 7.07. The van der Waals surface area contributed by atoms with E-state index < -0.39 is 0 Å². The van der Waals surface area contributed by atoms with E-state index in [1.165, 1.54) is 0 Å². The molecule has 0 aliphatic rings. The Kier molecular flexibility index (Phi) is 8.45. The average Bonchev–Trinajstić information content (AvgIpc) is 3.44. The van der Waals surface area contributed by atoms with Gasteiger partial charge in [-0.05, 0) is 56.2 Å². The molecule has 9 nitrogen and oxygen atoms in total. The summed E-state index contributed by atoms with van der Waals surface area (Å²) in [5, 5.41) is 15.6. The lowest BCUT2D eigenvalue weighted by Crippen LogP contribution is -2.21. The van der Waals surface area contributed by atoms with Gasteiger partial charge in [-0.2, -0.15) is 10.1 Å². The zero-order chi connectivity index (χ0) is 30.3. The first-order valence-electron chi connectivity index (χ1n) is 14.6. The summed E-state index contributed by atoms with van der Waals surface area (Å²) in [6.45, 7) is 4.19. The lowest BCUT2D eigenvalue weighted by Gasteiger charge is -2.14.